The van der Waals surface area contributed by atoms with Crippen molar-refractivity contribution >= 4 is 17.1 Å². The van der Waals surface area contributed by atoms with Gasteiger partial charge in [0.05, 0.1) is 6.20 Å². The summed E-state index contributed by atoms with van der Waals surface area (Å²) in [6, 6.07) is 0. The molecule has 2 aromatic heterocycles. The van der Waals surface area contributed by atoms with Crippen LogP contribution in [0.25, 0.3) is 11.2 Å². The summed E-state index contributed by atoms with van der Waals surface area (Å²) in [5.41, 5.74) is 5.96. The van der Waals surface area contributed by atoms with Crippen LogP contribution in [0.3, 0.4) is 0 Å². The molecule has 0 atom stereocenters. The van der Waals surface area contributed by atoms with Crippen LogP contribution in [0.5, 0.6) is 0 Å². The summed E-state index contributed by atoms with van der Waals surface area (Å²) in [5, 5.41) is 0. The smallest absolute Gasteiger partial charge is 0.346 e. The van der Waals surface area contributed by atoms with Crippen LogP contribution in [-0.4, -0.2) is 19.9 Å². The van der Waals surface area contributed by atoms with Crippen molar-refractivity contribution in [1.82, 2.24) is 19.9 Å². The van der Waals surface area contributed by atoms with Crippen LogP contribution in [0.15, 0.2) is 11.0 Å². The van der Waals surface area contributed by atoms with Gasteiger partial charge in [0, 0.05) is 0 Å². The predicted octanol–water partition coefficient (Wildman–Crippen LogP) is -0.772. The van der Waals surface area contributed by atoms with Crippen LogP contribution in [0.4, 0.5) is 5.95 Å². The lowest BCUT2D eigenvalue weighted by atomic mass is 10.6. The molecule has 0 radical (unpaired) electrons. The van der Waals surface area contributed by atoms with E-state index in [1.165, 1.54) is 6.20 Å². The molecule has 2 rings (SSSR count). The van der Waals surface area contributed by atoms with E-state index >= 15 is 0 Å². The Morgan fingerprint density at radius 1 is 1.45 bits per heavy atom. The van der Waals surface area contributed by atoms with Crippen LogP contribution < -0.4 is 11.4 Å². The van der Waals surface area contributed by atoms with Crippen LogP contribution in [0.2, 0.25) is 0 Å². The first-order chi connectivity index (χ1) is 5.25. The third kappa shape index (κ3) is 0.841. The number of rotatable bonds is 0. The summed E-state index contributed by atoms with van der Waals surface area (Å²) in [6.07, 6.45) is 1.39. The average molecular weight is 151 g/mol. The first-order valence-corrected chi connectivity index (χ1v) is 2.96. The summed E-state index contributed by atoms with van der Waals surface area (Å²) < 4.78 is 0. The number of nitrogens with zero attached hydrogens (tertiary/aromatic N) is 2. The minimum atomic E-state index is -0.427. The van der Waals surface area contributed by atoms with Crippen molar-refractivity contribution in [3.8, 4) is 0 Å². The molecule has 0 amide bonds. The Morgan fingerprint density at radius 3 is 3.09 bits per heavy atom. The number of imidazole rings is 1. The van der Waals surface area contributed by atoms with Gasteiger partial charge in [-0.1, -0.05) is 0 Å². The molecule has 0 aliphatic heterocycles. The van der Waals surface area contributed by atoms with E-state index in [0.717, 1.165) is 0 Å². The van der Waals surface area contributed by atoms with E-state index in [-0.39, 0.29) is 5.95 Å². The van der Waals surface area contributed by atoms with Crippen molar-refractivity contribution in [1.29, 1.82) is 0 Å². The molecule has 0 unspecified atom stereocenters. The second-order valence-electron chi connectivity index (χ2n) is 2.07. The van der Waals surface area contributed by atoms with Crippen molar-refractivity contribution in [2.45, 2.75) is 0 Å². The minimum Gasteiger partial charge on any atom is -0.369 e. The lowest BCUT2D eigenvalue weighted by molar-refractivity contribution is 1.11. The second kappa shape index (κ2) is 1.82. The summed E-state index contributed by atoms with van der Waals surface area (Å²) in [7, 11) is 0. The highest BCUT2D eigenvalue weighted by atomic mass is 16.1. The predicted molar refractivity (Wildman–Crippen MR) is 38.9 cm³/mol. The number of nitrogens with two attached hydrogens (primary N) is 1. The molecule has 0 aliphatic carbocycles. The molecular formula is C5H5N5O. The fourth-order valence-corrected chi connectivity index (χ4v) is 0.851. The summed E-state index contributed by atoms with van der Waals surface area (Å²) in [6.45, 7) is 0. The molecule has 0 aromatic carbocycles. The zero-order valence-electron chi connectivity index (χ0n) is 5.46. The van der Waals surface area contributed by atoms with Gasteiger partial charge >= 0.3 is 5.69 Å². The minimum absolute atomic E-state index is 0.267. The molecule has 11 heavy (non-hydrogen) atoms. The Balaban J connectivity index is 2.92. The number of hydrogen-bond acceptors (Lipinski definition) is 4. The first kappa shape index (κ1) is 5.90. The Labute approximate surface area is 60.5 Å². The molecule has 0 bridgehead atoms. The van der Waals surface area contributed by atoms with Crippen LogP contribution in [0.1, 0.15) is 0 Å². The number of aromatic nitrogens is 4. The van der Waals surface area contributed by atoms with Crippen LogP contribution in [-0.2, 0) is 0 Å². The number of H-pyrrole nitrogens is 2. The number of aromatic amines is 2. The SMILES string of the molecule is Nc1nc2[nH]c(=O)ncc2[nH]1. The van der Waals surface area contributed by atoms with Crippen molar-refractivity contribution in [2.75, 3.05) is 5.73 Å². The van der Waals surface area contributed by atoms with E-state index in [2.05, 4.69) is 19.9 Å². The van der Waals surface area contributed by atoms with Gasteiger partial charge in [0.25, 0.3) is 0 Å². The van der Waals surface area contributed by atoms with Gasteiger partial charge in [0.1, 0.15) is 5.52 Å². The van der Waals surface area contributed by atoms with Gasteiger partial charge in [-0.3, -0.25) is 4.98 Å². The lowest BCUT2D eigenvalue weighted by Crippen LogP contribution is -2.08. The van der Waals surface area contributed by atoms with Gasteiger partial charge in [-0.05, 0) is 0 Å². The summed E-state index contributed by atoms with van der Waals surface area (Å²) in [5.74, 6) is 0.267. The number of hydrogen-bond donors (Lipinski definition) is 3. The fraction of sp³-hybridized carbons (Fsp3) is 0. The first-order valence-electron chi connectivity index (χ1n) is 2.96. The van der Waals surface area contributed by atoms with Crippen molar-refractivity contribution in [3.05, 3.63) is 16.7 Å². The number of nitrogen functional groups attached to an aromatic ring is 1. The van der Waals surface area contributed by atoms with Crippen molar-refractivity contribution in [2.24, 2.45) is 0 Å². The lowest BCUT2D eigenvalue weighted by Gasteiger charge is -1.81. The molecule has 0 fully saturated rings. The Bertz CT molecular complexity index is 441. The summed E-state index contributed by atoms with van der Waals surface area (Å²) in [4.78, 5) is 23.1. The standard InChI is InChI=1S/C5H5N5O/c6-4-8-2-1-7-5(11)10-3(2)9-4/h1H,(H4,6,7,8,9,10,11). The van der Waals surface area contributed by atoms with Gasteiger partial charge < -0.3 is 10.7 Å². The van der Waals surface area contributed by atoms with Crippen molar-refractivity contribution < 1.29 is 0 Å². The fourth-order valence-electron chi connectivity index (χ4n) is 0.851. The Morgan fingerprint density at radius 2 is 2.27 bits per heavy atom. The Hall–Kier alpha value is -1.85. The molecule has 2 heterocycles. The topological polar surface area (TPSA) is 100 Å². The van der Waals surface area contributed by atoms with E-state index in [4.69, 9.17) is 5.73 Å². The molecule has 56 valence electrons. The van der Waals surface area contributed by atoms with Gasteiger partial charge in [-0.25, -0.2) is 4.79 Å². The maximum Gasteiger partial charge on any atom is 0.346 e. The third-order valence-corrected chi connectivity index (χ3v) is 1.29. The highest BCUT2D eigenvalue weighted by molar-refractivity contribution is 5.71. The maximum atomic E-state index is 10.6. The van der Waals surface area contributed by atoms with Crippen molar-refractivity contribution in [3.63, 3.8) is 0 Å². The van der Waals surface area contributed by atoms with E-state index in [1.807, 2.05) is 0 Å². The number of nitrogens with one attached hydrogen (secondary N) is 2. The molecule has 0 spiro atoms. The van der Waals surface area contributed by atoms with Gasteiger partial charge in [0.2, 0.25) is 0 Å². The average Bonchev–Trinajstić information content (AvgIpc) is 2.27. The molecule has 6 heteroatoms. The van der Waals surface area contributed by atoms with E-state index in [0.29, 0.717) is 11.2 Å². The molecule has 2 aromatic rings. The highest BCUT2D eigenvalue weighted by Crippen LogP contribution is 2.04. The summed E-state index contributed by atoms with van der Waals surface area (Å²) >= 11 is 0. The van der Waals surface area contributed by atoms with Gasteiger partial charge in [-0.15, -0.1) is 0 Å². The van der Waals surface area contributed by atoms with Crippen LogP contribution >= 0.6 is 0 Å². The van der Waals surface area contributed by atoms with Crippen LogP contribution in [0, 0.1) is 0 Å². The normalized spacial score (nSPS) is 10.5. The molecule has 0 saturated heterocycles. The zero-order valence-corrected chi connectivity index (χ0v) is 5.46. The van der Waals surface area contributed by atoms with E-state index < -0.39 is 5.69 Å². The molecular weight excluding hydrogens is 146 g/mol. The third-order valence-electron chi connectivity index (χ3n) is 1.29. The van der Waals surface area contributed by atoms with Gasteiger partial charge in [0.15, 0.2) is 11.6 Å². The molecule has 0 aliphatic rings. The molecule has 6 nitrogen and oxygen atoms in total. The zero-order chi connectivity index (χ0) is 7.84. The number of anilines is 1. The Kier molecular flexibility index (Phi) is 0.974. The largest absolute Gasteiger partial charge is 0.369 e. The van der Waals surface area contributed by atoms with Gasteiger partial charge in [-0.2, -0.15) is 9.97 Å². The quantitative estimate of drug-likeness (QED) is 0.460. The number of fused-ring (bicyclic) bond motifs is 1. The second-order valence-corrected chi connectivity index (χ2v) is 2.07. The maximum absolute atomic E-state index is 10.6. The molecule has 4 N–H and O–H groups in total. The monoisotopic (exact) mass is 151 g/mol. The highest BCUT2D eigenvalue weighted by Gasteiger charge is 1.98. The van der Waals surface area contributed by atoms with E-state index in [9.17, 15) is 4.79 Å². The molecule has 0 saturated carbocycles. The van der Waals surface area contributed by atoms with E-state index in [1.54, 1.807) is 0 Å².